The molecule has 1 aromatic carbocycles. The van der Waals surface area contributed by atoms with Crippen LogP contribution in [0.2, 0.25) is 0 Å². The van der Waals surface area contributed by atoms with Crippen LogP contribution < -0.4 is 10.1 Å². The number of nitrogens with one attached hydrogen (secondary N) is 1. The van der Waals surface area contributed by atoms with E-state index in [1.54, 1.807) is 6.20 Å². The average molecular weight is 322 g/mol. The van der Waals surface area contributed by atoms with E-state index in [1.807, 2.05) is 37.3 Å². The highest BCUT2D eigenvalue weighted by Gasteiger charge is 2.07. The second kappa shape index (κ2) is 7.50. The molecule has 1 N–H and O–H groups in total. The molecule has 0 spiro atoms. The van der Waals surface area contributed by atoms with E-state index in [1.165, 1.54) is 12.4 Å². The van der Waals surface area contributed by atoms with Crippen LogP contribution in [0.5, 0.6) is 5.75 Å². The Morgan fingerprint density at radius 2 is 1.92 bits per heavy atom. The lowest BCUT2D eigenvalue weighted by Crippen LogP contribution is -2.28. The molecule has 0 saturated heterocycles. The van der Waals surface area contributed by atoms with E-state index in [0.29, 0.717) is 24.5 Å². The van der Waals surface area contributed by atoms with Crippen molar-refractivity contribution in [3.8, 4) is 5.75 Å². The van der Waals surface area contributed by atoms with Crippen LogP contribution in [-0.4, -0.2) is 34.0 Å². The SMILES string of the molecule is CCc1ncc(C(=O)NCCOc2cccc3cccnc23)cn1. The summed E-state index contributed by atoms with van der Waals surface area (Å²) in [6, 6.07) is 9.64. The van der Waals surface area contributed by atoms with E-state index in [2.05, 4.69) is 20.3 Å². The predicted octanol–water partition coefficient (Wildman–Crippen LogP) is 2.40. The number of para-hydroxylation sites is 1. The van der Waals surface area contributed by atoms with Crippen LogP contribution in [0.15, 0.2) is 48.9 Å². The summed E-state index contributed by atoms with van der Waals surface area (Å²) >= 11 is 0. The first-order valence-corrected chi connectivity index (χ1v) is 7.83. The van der Waals surface area contributed by atoms with Gasteiger partial charge in [0.25, 0.3) is 5.91 Å². The van der Waals surface area contributed by atoms with Gasteiger partial charge in [0.05, 0.1) is 12.1 Å². The third-order valence-corrected chi connectivity index (χ3v) is 3.52. The Kier molecular flexibility index (Phi) is 4.96. The highest BCUT2D eigenvalue weighted by molar-refractivity contribution is 5.93. The van der Waals surface area contributed by atoms with Crippen LogP contribution >= 0.6 is 0 Å². The molecule has 2 aromatic heterocycles. The number of fused-ring (bicyclic) bond motifs is 1. The molecular weight excluding hydrogens is 304 g/mol. The van der Waals surface area contributed by atoms with Gasteiger partial charge in [-0.05, 0) is 12.1 Å². The molecule has 6 nitrogen and oxygen atoms in total. The molecule has 0 saturated carbocycles. The fourth-order valence-electron chi connectivity index (χ4n) is 2.27. The number of aryl methyl sites for hydroxylation is 1. The predicted molar refractivity (Wildman–Crippen MR) is 91.0 cm³/mol. The summed E-state index contributed by atoms with van der Waals surface area (Å²) in [6.45, 7) is 2.71. The van der Waals surface area contributed by atoms with E-state index in [0.717, 1.165) is 23.1 Å². The van der Waals surface area contributed by atoms with Crippen molar-refractivity contribution >= 4 is 16.8 Å². The lowest BCUT2D eigenvalue weighted by molar-refractivity contribution is 0.0946. The lowest BCUT2D eigenvalue weighted by atomic mass is 10.2. The van der Waals surface area contributed by atoms with Crippen molar-refractivity contribution in [1.82, 2.24) is 20.3 Å². The number of nitrogens with zero attached hydrogens (tertiary/aromatic N) is 3. The van der Waals surface area contributed by atoms with Gasteiger partial charge in [0, 0.05) is 30.4 Å². The third kappa shape index (κ3) is 3.65. The number of benzene rings is 1. The maximum Gasteiger partial charge on any atom is 0.254 e. The Bertz CT molecular complexity index is 829. The zero-order valence-corrected chi connectivity index (χ0v) is 13.4. The molecule has 24 heavy (non-hydrogen) atoms. The quantitative estimate of drug-likeness (QED) is 0.705. The normalized spacial score (nSPS) is 10.5. The number of hydrogen-bond acceptors (Lipinski definition) is 5. The van der Waals surface area contributed by atoms with Crippen molar-refractivity contribution < 1.29 is 9.53 Å². The summed E-state index contributed by atoms with van der Waals surface area (Å²) in [5.74, 6) is 1.22. The molecule has 0 bridgehead atoms. The Morgan fingerprint density at radius 3 is 2.71 bits per heavy atom. The van der Waals surface area contributed by atoms with E-state index < -0.39 is 0 Å². The largest absolute Gasteiger partial charge is 0.489 e. The van der Waals surface area contributed by atoms with Crippen LogP contribution in [0.3, 0.4) is 0 Å². The average Bonchev–Trinajstić information content (AvgIpc) is 2.65. The number of carbonyl (C=O) groups is 1. The van der Waals surface area contributed by atoms with E-state index in [4.69, 9.17) is 4.74 Å². The standard InChI is InChI=1S/C18H18N4O2/c1-2-16-21-11-14(12-22-16)18(23)20-9-10-24-15-7-3-5-13-6-4-8-19-17(13)15/h3-8,11-12H,2,9-10H2,1H3,(H,20,23). The van der Waals surface area contributed by atoms with Crippen LogP contribution in [0.4, 0.5) is 0 Å². The number of hydrogen-bond donors (Lipinski definition) is 1. The van der Waals surface area contributed by atoms with Gasteiger partial charge in [-0.1, -0.05) is 25.1 Å². The van der Waals surface area contributed by atoms with Crippen molar-refractivity contribution in [2.45, 2.75) is 13.3 Å². The van der Waals surface area contributed by atoms with Crippen molar-refractivity contribution in [1.29, 1.82) is 0 Å². The van der Waals surface area contributed by atoms with Crippen LogP contribution in [0.25, 0.3) is 10.9 Å². The minimum absolute atomic E-state index is 0.211. The monoisotopic (exact) mass is 322 g/mol. The topological polar surface area (TPSA) is 77.0 Å². The summed E-state index contributed by atoms with van der Waals surface area (Å²) in [7, 11) is 0. The van der Waals surface area contributed by atoms with Crippen LogP contribution in [0.1, 0.15) is 23.1 Å². The lowest BCUT2D eigenvalue weighted by Gasteiger charge is -2.09. The van der Waals surface area contributed by atoms with Crippen LogP contribution in [-0.2, 0) is 6.42 Å². The first-order valence-electron chi connectivity index (χ1n) is 7.83. The van der Waals surface area contributed by atoms with Gasteiger partial charge in [0.2, 0.25) is 0 Å². The van der Waals surface area contributed by atoms with Gasteiger partial charge in [0.1, 0.15) is 23.7 Å². The van der Waals surface area contributed by atoms with Crippen molar-refractivity contribution in [3.63, 3.8) is 0 Å². The summed E-state index contributed by atoms with van der Waals surface area (Å²) in [4.78, 5) is 24.6. The number of pyridine rings is 1. The molecule has 6 heteroatoms. The number of carbonyl (C=O) groups excluding carboxylic acids is 1. The summed E-state index contributed by atoms with van der Waals surface area (Å²) in [5, 5.41) is 3.81. The maximum absolute atomic E-state index is 12.0. The highest BCUT2D eigenvalue weighted by Crippen LogP contribution is 2.22. The summed E-state index contributed by atoms with van der Waals surface area (Å²) in [5.41, 5.74) is 1.26. The van der Waals surface area contributed by atoms with Crippen molar-refractivity contribution in [2.75, 3.05) is 13.2 Å². The number of amides is 1. The van der Waals surface area contributed by atoms with Gasteiger partial charge < -0.3 is 10.1 Å². The molecule has 1 amide bonds. The zero-order chi connectivity index (χ0) is 16.8. The van der Waals surface area contributed by atoms with E-state index >= 15 is 0 Å². The van der Waals surface area contributed by atoms with Crippen LogP contribution in [0, 0.1) is 0 Å². The molecule has 3 aromatic rings. The molecule has 0 aliphatic heterocycles. The zero-order valence-electron chi connectivity index (χ0n) is 13.4. The molecular formula is C18H18N4O2. The highest BCUT2D eigenvalue weighted by atomic mass is 16.5. The van der Waals surface area contributed by atoms with Crippen molar-refractivity contribution in [3.05, 3.63) is 60.3 Å². The van der Waals surface area contributed by atoms with Gasteiger partial charge in [-0.2, -0.15) is 0 Å². The Hall–Kier alpha value is -3.02. The Labute approximate surface area is 139 Å². The first kappa shape index (κ1) is 15.9. The molecule has 0 unspecified atom stereocenters. The molecule has 2 heterocycles. The van der Waals surface area contributed by atoms with Crippen molar-refractivity contribution in [2.24, 2.45) is 0 Å². The second-order valence-corrected chi connectivity index (χ2v) is 5.18. The third-order valence-electron chi connectivity index (χ3n) is 3.52. The minimum Gasteiger partial charge on any atom is -0.489 e. The maximum atomic E-state index is 12.0. The molecule has 0 atom stereocenters. The number of rotatable bonds is 6. The number of aromatic nitrogens is 3. The summed E-state index contributed by atoms with van der Waals surface area (Å²) < 4.78 is 5.73. The fraction of sp³-hybridized carbons (Fsp3) is 0.222. The first-order chi connectivity index (χ1) is 11.8. The number of ether oxygens (including phenoxy) is 1. The molecule has 0 aliphatic rings. The Balaban J connectivity index is 1.53. The smallest absolute Gasteiger partial charge is 0.254 e. The van der Waals surface area contributed by atoms with Gasteiger partial charge in [-0.3, -0.25) is 9.78 Å². The van der Waals surface area contributed by atoms with Gasteiger partial charge in [-0.25, -0.2) is 9.97 Å². The molecule has 122 valence electrons. The molecule has 3 rings (SSSR count). The van der Waals surface area contributed by atoms with Gasteiger partial charge >= 0.3 is 0 Å². The molecule has 0 aliphatic carbocycles. The summed E-state index contributed by atoms with van der Waals surface area (Å²) in [6.07, 6.45) is 5.55. The fourth-order valence-corrected chi connectivity index (χ4v) is 2.27. The van der Waals surface area contributed by atoms with Gasteiger partial charge in [0.15, 0.2) is 0 Å². The van der Waals surface area contributed by atoms with E-state index in [9.17, 15) is 4.79 Å². The van der Waals surface area contributed by atoms with E-state index in [-0.39, 0.29) is 5.91 Å². The minimum atomic E-state index is -0.211. The van der Waals surface area contributed by atoms with Gasteiger partial charge in [-0.15, -0.1) is 0 Å². The second-order valence-electron chi connectivity index (χ2n) is 5.18. The Morgan fingerprint density at radius 1 is 1.12 bits per heavy atom. The molecule has 0 radical (unpaired) electrons. The molecule has 0 fully saturated rings.